The maximum absolute atomic E-state index is 14.0. The van der Waals surface area contributed by atoms with E-state index in [4.69, 9.17) is 0 Å². The third kappa shape index (κ3) is 7.43. The number of amides is 2. The number of rotatable bonds is 9. The van der Waals surface area contributed by atoms with Gasteiger partial charge in [0.1, 0.15) is 4.88 Å². The summed E-state index contributed by atoms with van der Waals surface area (Å²) in [4.78, 5) is 34.8. The van der Waals surface area contributed by atoms with Crippen LogP contribution in [0.4, 0.5) is 29.7 Å². The van der Waals surface area contributed by atoms with Crippen molar-refractivity contribution in [1.82, 2.24) is 14.8 Å². The van der Waals surface area contributed by atoms with Crippen molar-refractivity contribution in [3.63, 3.8) is 0 Å². The van der Waals surface area contributed by atoms with Gasteiger partial charge in [0.25, 0.3) is 11.8 Å². The number of aryl methyl sites for hydroxylation is 1. The van der Waals surface area contributed by atoms with Crippen molar-refractivity contribution in [2.75, 3.05) is 48.7 Å². The van der Waals surface area contributed by atoms with Crippen LogP contribution in [0.25, 0.3) is 0 Å². The van der Waals surface area contributed by atoms with Crippen LogP contribution in [0, 0.1) is 6.92 Å². The highest BCUT2D eigenvalue weighted by atomic mass is 32.1. The van der Waals surface area contributed by atoms with Crippen LogP contribution >= 0.6 is 11.3 Å². The molecule has 5 rings (SSSR count). The number of thiazole rings is 1. The fraction of sp³-hybridized carbons (Fsp3) is 0.414. The molecule has 0 atom stereocenters. The number of carbonyl (C=O) groups is 2. The van der Waals surface area contributed by atoms with Crippen LogP contribution in [0.1, 0.15) is 56.5 Å². The van der Waals surface area contributed by atoms with Gasteiger partial charge in [0.05, 0.1) is 11.8 Å². The summed E-state index contributed by atoms with van der Waals surface area (Å²) in [6.45, 7) is 8.01. The molecule has 3 N–H and O–H groups in total. The lowest BCUT2D eigenvalue weighted by Crippen LogP contribution is -2.45. The second-order valence-electron chi connectivity index (χ2n) is 10.5. The van der Waals surface area contributed by atoms with Gasteiger partial charge in [-0.2, -0.15) is 13.2 Å². The highest BCUT2D eigenvalue weighted by Gasteiger charge is 2.35. The molecule has 2 fully saturated rings. The van der Waals surface area contributed by atoms with E-state index >= 15 is 0 Å². The molecule has 1 saturated carbocycles. The van der Waals surface area contributed by atoms with E-state index in [-0.39, 0.29) is 23.6 Å². The molecule has 0 bridgehead atoms. The number of likely N-dealkylation sites (N-methyl/N-ethyl adjacent to an activating group) is 1. The van der Waals surface area contributed by atoms with Crippen molar-refractivity contribution in [2.45, 2.75) is 45.5 Å². The predicted molar refractivity (Wildman–Crippen MR) is 155 cm³/mol. The van der Waals surface area contributed by atoms with Gasteiger partial charge in [0.15, 0.2) is 5.13 Å². The van der Waals surface area contributed by atoms with Gasteiger partial charge in [0, 0.05) is 55.7 Å². The number of carbonyl (C=O) groups excluding carboxylic acids is 2. The van der Waals surface area contributed by atoms with E-state index in [9.17, 15) is 22.8 Å². The lowest BCUT2D eigenvalue weighted by Gasteiger charge is -2.34. The molecule has 2 aromatic carbocycles. The number of nitrogens with one attached hydrogen (secondary N) is 3. The van der Waals surface area contributed by atoms with Crippen LogP contribution in [-0.2, 0) is 12.7 Å². The van der Waals surface area contributed by atoms with Gasteiger partial charge in [-0.1, -0.05) is 30.4 Å². The average molecular weight is 587 g/mol. The predicted octanol–water partition coefficient (Wildman–Crippen LogP) is 5.69. The minimum atomic E-state index is -4.59. The molecule has 2 heterocycles. The van der Waals surface area contributed by atoms with Gasteiger partial charge >= 0.3 is 6.18 Å². The molecule has 218 valence electrons. The van der Waals surface area contributed by atoms with Crippen LogP contribution in [-0.4, -0.2) is 65.4 Å². The maximum Gasteiger partial charge on any atom is 0.416 e. The van der Waals surface area contributed by atoms with Crippen molar-refractivity contribution in [3.8, 4) is 0 Å². The molecule has 0 unspecified atom stereocenters. The Morgan fingerprint density at radius 1 is 1.00 bits per heavy atom. The van der Waals surface area contributed by atoms with Crippen molar-refractivity contribution >= 4 is 39.7 Å². The molecule has 3 aromatic rings. The normalized spacial score (nSPS) is 16.4. The van der Waals surface area contributed by atoms with Crippen LogP contribution in [0.5, 0.6) is 0 Å². The van der Waals surface area contributed by atoms with E-state index in [2.05, 4.69) is 32.8 Å². The number of aromatic nitrogens is 1. The SMILES string of the molecule is CCN1CCN(Cc2ccc(C(=O)Nc3ccc(C)c(NC(=O)c4cnc(NC5CC5)s4)c3)cc2C(F)(F)F)CC1. The lowest BCUT2D eigenvalue weighted by molar-refractivity contribution is -0.138. The molecule has 0 radical (unpaired) electrons. The summed E-state index contributed by atoms with van der Waals surface area (Å²) in [7, 11) is 0. The molecule has 1 aliphatic heterocycles. The fourth-order valence-corrected chi connectivity index (χ4v) is 5.48. The standard InChI is InChI=1S/C29H33F3N6O2S/c1-3-37-10-12-38(13-11-37)17-20-6-5-19(14-23(20)29(30,31)32)26(39)34-22-7-4-18(2)24(15-22)36-27(40)25-16-33-28(41-25)35-21-8-9-21/h4-7,14-16,21H,3,8-13,17H2,1-2H3,(H,33,35)(H,34,39)(H,36,40). The summed E-state index contributed by atoms with van der Waals surface area (Å²) in [6, 6.07) is 9.11. The largest absolute Gasteiger partial charge is 0.416 e. The van der Waals surface area contributed by atoms with Crippen molar-refractivity contribution < 1.29 is 22.8 Å². The van der Waals surface area contributed by atoms with E-state index in [0.29, 0.717) is 40.5 Å². The number of alkyl halides is 3. The first kappa shape index (κ1) is 29.0. The monoisotopic (exact) mass is 586 g/mol. The highest BCUT2D eigenvalue weighted by Crippen LogP contribution is 2.34. The van der Waals surface area contributed by atoms with Crippen molar-refractivity contribution in [3.05, 3.63) is 69.7 Å². The minimum absolute atomic E-state index is 0.0941. The summed E-state index contributed by atoms with van der Waals surface area (Å²) >= 11 is 1.26. The van der Waals surface area contributed by atoms with Crippen LogP contribution in [0.15, 0.2) is 42.6 Å². The Kier molecular flexibility index (Phi) is 8.62. The minimum Gasteiger partial charge on any atom is -0.359 e. The first-order valence-electron chi connectivity index (χ1n) is 13.7. The van der Waals surface area contributed by atoms with Crippen molar-refractivity contribution in [2.24, 2.45) is 0 Å². The van der Waals surface area contributed by atoms with E-state index in [1.165, 1.54) is 29.7 Å². The van der Waals surface area contributed by atoms with E-state index < -0.39 is 17.6 Å². The van der Waals surface area contributed by atoms with Crippen molar-refractivity contribution in [1.29, 1.82) is 0 Å². The number of nitrogens with zero attached hydrogens (tertiary/aromatic N) is 3. The number of benzene rings is 2. The molecule has 2 amide bonds. The third-order valence-electron chi connectivity index (χ3n) is 7.36. The summed E-state index contributed by atoms with van der Waals surface area (Å²) < 4.78 is 42.0. The molecular weight excluding hydrogens is 553 g/mol. The van der Waals surface area contributed by atoms with Gasteiger partial charge in [-0.3, -0.25) is 14.5 Å². The average Bonchev–Trinajstić information content (AvgIpc) is 3.64. The zero-order valence-electron chi connectivity index (χ0n) is 23.0. The first-order chi connectivity index (χ1) is 19.6. The van der Waals surface area contributed by atoms with Crippen LogP contribution < -0.4 is 16.0 Å². The Hall–Kier alpha value is -3.48. The summed E-state index contributed by atoms with van der Waals surface area (Å²) in [5.74, 6) is -1.00. The van der Waals surface area contributed by atoms with Gasteiger partial charge in [0.2, 0.25) is 0 Å². The Morgan fingerprint density at radius 3 is 2.41 bits per heavy atom. The molecule has 8 nitrogen and oxygen atoms in total. The molecule has 0 spiro atoms. The smallest absolute Gasteiger partial charge is 0.359 e. The van der Waals surface area contributed by atoms with Gasteiger partial charge in [-0.05, 0) is 61.7 Å². The molecular formula is C29H33F3N6O2S. The van der Waals surface area contributed by atoms with Gasteiger partial charge in [-0.25, -0.2) is 4.98 Å². The molecule has 1 aliphatic carbocycles. The second kappa shape index (κ2) is 12.2. The number of hydrogen-bond acceptors (Lipinski definition) is 7. The number of anilines is 3. The Morgan fingerprint density at radius 2 is 1.73 bits per heavy atom. The Balaban J connectivity index is 1.26. The van der Waals surface area contributed by atoms with E-state index in [0.717, 1.165) is 44.1 Å². The van der Waals surface area contributed by atoms with E-state index in [1.54, 1.807) is 18.2 Å². The third-order valence-corrected chi connectivity index (χ3v) is 8.29. The zero-order valence-corrected chi connectivity index (χ0v) is 23.8. The van der Waals surface area contributed by atoms with Gasteiger partial charge < -0.3 is 20.9 Å². The molecule has 1 aromatic heterocycles. The van der Waals surface area contributed by atoms with Crippen LogP contribution in [0.2, 0.25) is 0 Å². The molecule has 2 aliphatic rings. The summed E-state index contributed by atoms with van der Waals surface area (Å²) in [5.41, 5.74) is 0.845. The topological polar surface area (TPSA) is 89.6 Å². The molecule has 12 heteroatoms. The first-order valence-corrected chi connectivity index (χ1v) is 14.5. The summed E-state index contributed by atoms with van der Waals surface area (Å²) in [5, 5.41) is 9.46. The maximum atomic E-state index is 14.0. The molecule has 41 heavy (non-hydrogen) atoms. The quantitative estimate of drug-likeness (QED) is 0.299. The second-order valence-corrected chi connectivity index (χ2v) is 11.5. The summed E-state index contributed by atoms with van der Waals surface area (Å²) in [6.07, 6.45) is -0.893. The van der Waals surface area contributed by atoms with Gasteiger partial charge in [-0.15, -0.1) is 0 Å². The highest BCUT2D eigenvalue weighted by molar-refractivity contribution is 7.17. The number of halogens is 3. The number of hydrogen-bond donors (Lipinski definition) is 3. The van der Waals surface area contributed by atoms with Crippen LogP contribution in [0.3, 0.4) is 0 Å². The Labute approximate surface area is 240 Å². The zero-order chi connectivity index (χ0) is 29.1. The molecule has 1 saturated heterocycles. The Bertz CT molecular complexity index is 1410. The number of piperazine rings is 1. The van der Waals surface area contributed by atoms with E-state index in [1.807, 2.05) is 11.8 Å². The fourth-order valence-electron chi connectivity index (χ4n) is 4.69. The lowest BCUT2D eigenvalue weighted by atomic mass is 10.0.